The second kappa shape index (κ2) is 50.6. The molecule has 114 heavy (non-hydrogen) atoms. The van der Waals surface area contributed by atoms with Crippen molar-refractivity contribution in [2.75, 3.05) is 75.3 Å². The lowest BCUT2D eigenvalue weighted by Gasteiger charge is -2.20. The summed E-state index contributed by atoms with van der Waals surface area (Å²) in [6.45, 7) is 2.98. The number of nitrogens with zero attached hydrogens (tertiary/aromatic N) is 8. The van der Waals surface area contributed by atoms with Crippen molar-refractivity contribution < 1.29 is 54.2 Å². The Kier molecular flexibility index (Phi) is 41.0. The van der Waals surface area contributed by atoms with Gasteiger partial charge < -0.3 is 75.2 Å². The number of benzene rings is 8. The summed E-state index contributed by atoms with van der Waals surface area (Å²) in [5, 5.41) is 58.2. The summed E-state index contributed by atoms with van der Waals surface area (Å²) in [6, 6.07) is 68.4. The summed E-state index contributed by atoms with van der Waals surface area (Å²) >= 11 is 19.4. The monoisotopic (exact) mass is 1920 g/mol. The highest BCUT2D eigenvalue weighted by Crippen LogP contribution is 2.30. The number of phenols is 4. The minimum absolute atomic E-state index is 0.0330. The van der Waals surface area contributed by atoms with E-state index < -0.39 is 7.12 Å². The number of aromatic hydroxyl groups is 4. The third-order valence-electron chi connectivity index (χ3n) is 15.7. The number of nitrogen functional groups attached to an aromatic ring is 1. The predicted octanol–water partition coefficient (Wildman–Crippen LogP) is 19.0. The smallest absolute Gasteiger partial charge is 0.488 e. The fourth-order valence-electron chi connectivity index (χ4n) is 10.2. The van der Waals surface area contributed by atoms with Crippen LogP contribution in [0, 0.1) is 0 Å². The first-order valence-corrected chi connectivity index (χ1v) is 39.7. The number of nitrogens with two attached hydrogens (primary N) is 1. The second-order valence-corrected chi connectivity index (χ2v) is 33.6. The number of rotatable bonds is 20. The minimum atomic E-state index is -1.51. The van der Waals surface area contributed by atoms with Crippen molar-refractivity contribution in [1.29, 1.82) is 0 Å². The molecule has 9 N–H and O–H groups in total. The number of nitrogens with one attached hydrogen (secondary N) is 1. The molecule has 0 unspecified atom stereocenters. The molecule has 13 rings (SSSR count). The van der Waals surface area contributed by atoms with Crippen molar-refractivity contribution >= 4 is 146 Å². The molecule has 8 aromatic carbocycles. The fourth-order valence-corrected chi connectivity index (χ4v) is 11.3. The maximum Gasteiger partial charge on any atom is 0.488 e. The van der Waals surface area contributed by atoms with Crippen molar-refractivity contribution in [3.05, 3.63) is 328 Å². The number of phenolic OH excluding ortho intramolecular Hbond substituents is 4. The van der Waals surface area contributed by atoms with Crippen LogP contribution in [0.1, 0.15) is 32.6 Å². The van der Waals surface area contributed by atoms with Crippen LogP contribution < -0.4 is 50.2 Å². The van der Waals surface area contributed by atoms with E-state index in [1.807, 2.05) is 143 Å². The third-order valence-corrected chi connectivity index (χ3v) is 17.0. The van der Waals surface area contributed by atoms with Crippen LogP contribution in [0.2, 0.25) is 0 Å². The minimum Gasteiger partial charge on any atom is -0.508 e. The normalized spacial score (nSPS) is 9.89. The molecule has 5 aromatic heterocycles. The van der Waals surface area contributed by atoms with Crippen LogP contribution in [0.4, 0.5) is 28.4 Å². The van der Waals surface area contributed by atoms with E-state index in [2.05, 4.69) is 164 Å². The van der Waals surface area contributed by atoms with E-state index in [4.69, 9.17) is 39.8 Å². The molecular formula is C85H86B2Br6N10O11. The molecule has 0 radical (unpaired) electrons. The van der Waals surface area contributed by atoms with E-state index in [1.54, 1.807) is 151 Å². The van der Waals surface area contributed by atoms with Crippen LogP contribution in [0.5, 0.6) is 46.0 Å². The SMILES string of the molecule is BrB(Br)Br.CN(Cc1cccc(O)c1)c1cncc(-c2cccc(O)c2)c1.COc1cccc(C=O)c1.COc1cccc(CN(C)c2cncc(-c3cccc(O)c3)c2)c1.COc1cccc(CN(C)c2cncc(Br)c2)c1.COc1cccc(CNc2cncc(Br)c2)c1.Nc1cncc(Br)c1.OB(O)c1cccc(O)c1. The van der Waals surface area contributed by atoms with Gasteiger partial charge >= 0.3 is 10.3 Å². The Morgan fingerprint density at radius 3 is 1.15 bits per heavy atom. The summed E-state index contributed by atoms with van der Waals surface area (Å²) in [6.07, 6.45) is 18.5. The quantitative estimate of drug-likeness (QED) is 0.0260. The third kappa shape index (κ3) is 35.3. The molecule has 0 saturated carbocycles. The zero-order valence-corrected chi connectivity index (χ0v) is 72.9. The molecule has 0 saturated heterocycles. The van der Waals surface area contributed by atoms with Crippen LogP contribution in [0.15, 0.2) is 300 Å². The summed E-state index contributed by atoms with van der Waals surface area (Å²) in [4.78, 5) is 37.3. The Bertz CT molecular complexity index is 5040. The topological polar surface area (TPSA) is 288 Å². The van der Waals surface area contributed by atoms with Crippen molar-refractivity contribution in [1.82, 2.24) is 24.9 Å². The van der Waals surface area contributed by atoms with Crippen molar-refractivity contribution in [3.63, 3.8) is 0 Å². The number of methoxy groups -OCH3 is 4. The fraction of sp³-hybridized carbons (Fsp3) is 0.129. The van der Waals surface area contributed by atoms with Crippen molar-refractivity contribution in [3.8, 4) is 68.2 Å². The average Bonchev–Trinajstić information content (AvgIpc) is 0.841. The number of hydrogen-bond acceptors (Lipinski definition) is 21. The Balaban J connectivity index is 0.000000211. The molecule has 0 atom stereocenters. The number of aldehydes is 1. The van der Waals surface area contributed by atoms with Gasteiger partial charge in [-0.05, 0) is 214 Å². The Morgan fingerprint density at radius 2 is 0.754 bits per heavy atom. The first kappa shape index (κ1) is 92.4. The number of pyridine rings is 5. The van der Waals surface area contributed by atoms with Crippen LogP contribution in [-0.4, -0.2) is 122 Å². The van der Waals surface area contributed by atoms with E-state index >= 15 is 0 Å². The number of ether oxygens (including phenoxy) is 4. The van der Waals surface area contributed by atoms with E-state index in [-0.39, 0.29) is 26.2 Å². The molecule has 0 spiro atoms. The molecule has 590 valence electrons. The van der Waals surface area contributed by atoms with Gasteiger partial charge in [0.1, 0.15) is 52.3 Å². The number of anilines is 5. The standard InChI is InChI=1S/C20H20N2O2.C19H18N2O2.C14H15BrN2O.C13H13BrN2O.C8H8O2.C6H7BO3.C5H5BrN2.BBr3/c1-22(14-15-5-3-8-20(9-15)24-2)18-10-17(12-21-13-18)16-6-4-7-19(23)11-16;1-21(13-14-4-2-6-18(22)8-14)17-9-16(11-20-12-17)15-5-3-7-19(23)10-15;1-17(13-7-12(15)8-16-9-13)10-11-4-3-5-14(6-11)18-2;1-17-13-4-2-3-10(5-13)7-16-12-6-11(14)8-15-9-12;1-10-8-4-2-3-7(5-8)6-9;8-6-3-1-2-5(4-6)7(9)10;6-4-1-5(7)3-8-2-4;2-1(3)4/h3-13,23H,14H2,1-2H3;2-12,22-23H,13H2,1H3;3-9H,10H2,1-2H3;2-6,8-9,16H,7H2,1H3;2-6H,1H3;1-4,8-10H;1-3H,7H2;. The van der Waals surface area contributed by atoms with Crippen molar-refractivity contribution in [2.45, 2.75) is 26.2 Å². The lowest BCUT2D eigenvalue weighted by Crippen LogP contribution is -2.29. The second-order valence-electron chi connectivity index (χ2n) is 24.4. The zero-order valence-electron chi connectivity index (χ0n) is 63.3. The maximum absolute atomic E-state index is 10.2. The van der Waals surface area contributed by atoms with Crippen LogP contribution >= 0.6 is 95.1 Å². The Labute approximate surface area is 716 Å². The van der Waals surface area contributed by atoms with Gasteiger partial charge in [-0.3, -0.25) is 29.7 Å². The first-order valence-electron chi connectivity index (χ1n) is 34.6. The van der Waals surface area contributed by atoms with Gasteiger partial charge in [0.2, 0.25) is 0 Å². The Morgan fingerprint density at radius 1 is 0.395 bits per heavy atom. The zero-order chi connectivity index (χ0) is 82.7. The van der Waals surface area contributed by atoms with Crippen LogP contribution in [0.25, 0.3) is 22.3 Å². The van der Waals surface area contributed by atoms with Gasteiger partial charge in [-0.2, -0.15) is 0 Å². The molecule has 0 aliphatic rings. The largest absolute Gasteiger partial charge is 0.508 e. The van der Waals surface area contributed by atoms with E-state index in [0.717, 1.165) is 107 Å². The molecule has 13 aromatic rings. The summed E-state index contributed by atoms with van der Waals surface area (Å²) in [5.41, 5.74) is 19.4. The lowest BCUT2D eigenvalue weighted by atomic mass is 9.80. The molecule has 0 bridgehead atoms. The van der Waals surface area contributed by atoms with Gasteiger partial charge in [0.15, 0.2) is 0 Å². The highest BCUT2D eigenvalue weighted by atomic mass is 79.9. The number of halogens is 6. The average molecular weight is 1920 g/mol. The molecule has 0 fully saturated rings. The Hall–Kier alpha value is -10.5. The number of hydrogen-bond donors (Lipinski definition) is 8. The van der Waals surface area contributed by atoms with Gasteiger partial charge in [-0.1, -0.05) is 97.1 Å². The molecule has 0 aliphatic heterocycles. The number of aromatic nitrogens is 5. The maximum atomic E-state index is 10.2. The highest BCUT2D eigenvalue weighted by molar-refractivity contribution is 9.69. The number of carbonyl (C=O) groups excluding carboxylic acids is 1. The van der Waals surface area contributed by atoms with Crippen LogP contribution in [-0.2, 0) is 26.2 Å². The molecule has 0 amide bonds. The van der Waals surface area contributed by atoms with Gasteiger partial charge in [-0.25, -0.2) is 0 Å². The van der Waals surface area contributed by atoms with Gasteiger partial charge in [0.25, 0.3) is 0 Å². The number of carbonyl (C=O) groups is 1. The van der Waals surface area contributed by atoms with Gasteiger partial charge in [0, 0.05) is 115 Å². The first-order chi connectivity index (χ1) is 54.8. The van der Waals surface area contributed by atoms with E-state index in [9.17, 15) is 20.1 Å². The summed E-state index contributed by atoms with van der Waals surface area (Å²) in [5.74, 6) is 4.11. The van der Waals surface area contributed by atoms with E-state index in [0.29, 0.717) is 29.0 Å². The molecule has 21 nitrogen and oxygen atoms in total. The van der Waals surface area contributed by atoms with Gasteiger partial charge in [-0.15, -0.1) is 47.3 Å². The summed E-state index contributed by atoms with van der Waals surface area (Å²) < 4.78 is 23.7. The van der Waals surface area contributed by atoms with Crippen molar-refractivity contribution in [2.24, 2.45) is 0 Å². The summed E-state index contributed by atoms with van der Waals surface area (Å²) in [7, 11) is 11.1. The highest BCUT2D eigenvalue weighted by Gasteiger charge is 2.12. The van der Waals surface area contributed by atoms with Crippen LogP contribution in [0.3, 0.4) is 0 Å². The van der Waals surface area contributed by atoms with Gasteiger partial charge in [0.05, 0.1) is 81.7 Å². The van der Waals surface area contributed by atoms with E-state index in [1.165, 1.54) is 34.9 Å². The molecule has 29 heteroatoms. The molecule has 5 heterocycles. The molecule has 0 aliphatic carbocycles. The molecular weight excluding hydrogens is 1840 g/mol. The predicted molar refractivity (Wildman–Crippen MR) is 482 cm³/mol. The lowest BCUT2D eigenvalue weighted by molar-refractivity contribution is 0.112.